The molecule has 0 saturated carbocycles. The van der Waals surface area contributed by atoms with E-state index in [-0.39, 0.29) is 19.6 Å². The van der Waals surface area contributed by atoms with Crippen LogP contribution in [-0.2, 0) is 21.0 Å². The molecule has 2 rings (SSSR count). The van der Waals surface area contributed by atoms with E-state index in [9.17, 15) is 19.5 Å². The lowest BCUT2D eigenvalue weighted by atomic mass is 9.86. The van der Waals surface area contributed by atoms with Crippen molar-refractivity contribution >= 4 is 29.0 Å². The first-order chi connectivity index (χ1) is 13.4. The highest BCUT2D eigenvalue weighted by Crippen LogP contribution is 2.32. The molecule has 1 aromatic carbocycles. The predicted molar refractivity (Wildman–Crippen MR) is 106 cm³/mol. The molecular formula is C20H27ClN2O6. The average Bonchev–Trinajstić information content (AvgIpc) is 2.62. The predicted octanol–water partition coefficient (Wildman–Crippen LogP) is 4.02. The first kappa shape index (κ1) is 23.0. The number of carboxylic acids is 1. The molecular weight excluding hydrogens is 400 g/mol. The average molecular weight is 427 g/mol. The van der Waals surface area contributed by atoms with E-state index in [0.717, 1.165) is 15.5 Å². The number of carboxylic acid groups (broad SMARTS) is 1. The lowest BCUT2D eigenvalue weighted by Crippen LogP contribution is -2.63. The van der Waals surface area contributed by atoms with Crippen LogP contribution in [0.1, 0.15) is 46.1 Å². The summed E-state index contributed by atoms with van der Waals surface area (Å²) in [6.07, 6.45) is -0.353. The lowest BCUT2D eigenvalue weighted by molar-refractivity contribution is -0.174. The Bertz CT molecular complexity index is 751. The van der Waals surface area contributed by atoms with Crippen molar-refractivity contribution in [3.8, 4) is 0 Å². The largest absolute Gasteiger partial charge is 0.480 e. The number of ether oxygens (including phenoxy) is 1. The third-order valence-corrected chi connectivity index (χ3v) is 4.91. The molecule has 0 aromatic heterocycles. The number of amides is 2. The summed E-state index contributed by atoms with van der Waals surface area (Å²) in [5, 5.41) is 9.88. The Kier molecular flexibility index (Phi) is 7.13. The summed E-state index contributed by atoms with van der Waals surface area (Å²) >= 11 is 5.72. The van der Waals surface area contributed by atoms with E-state index in [2.05, 4.69) is 0 Å². The van der Waals surface area contributed by atoms with Gasteiger partial charge in [-0.15, -0.1) is 0 Å². The number of nitrogens with zero attached hydrogens (tertiary/aromatic N) is 2. The van der Waals surface area contributed by atoms with Crippen LogP contribution in [0.25, 0.3) is 0 Å². The first-order valence-corrected chi connectivity index (χ1v) is 9.71. The molecule has 29 heavy (non-hydrogen) atoms. The highest BCUT2D eigenvalue weighted by atomic mass is 35.5. The molecule has 0 spiro atoms. The quantitative estimate of drug-likeness (QED) is 0.434. The maximum Gasteiger partial charge on any atom is 0.411 e. The summed E-state index contributed by atoms with van der Waals surface area (Å²) in [7, 11) is 0. The summed E-state index contributed by atoms with van der Waals surface area (Å²) in [6.45, 7) is 6.59. The van der Waals surface area contributed by atoms with E-state index in [4.69, 9.17) is 21.2 Å². The van der Waals surface area contributed by atoms with Crippen molar-refractivity contribution < 1.29 is 29.1 Å². The number of carbonyl (C=O) groups excluding carboxylic acids is 2. The molecule has 1 aromatic rings. The van der Waals surface area contributed by atoms with Crippen molar-refractivity contribution in [2.75, 3.05) is 6.54 Å². The van der Waals surface area contributed by atoms with E-state index in [0.29, 0.717) is 6.42 Å². The number of benzene rings is 1. The number of carbonyl (C=O) groups is 3. The van der Waals surface area contributed by atoms with Crippen molar-refractivity contribution in [1.29, 1.82) is 0 Å². The molecule has 0 radical (unpaired) electrons. The van der Waals surface area contributed by atoms with Crippen LogP contribution in [0, 0.1) is 0 Å². The smallest absolute Gasteiger partial charge is 0.411 e. The zero-order valence-electron chi connectivity index (χ0n) is 17.1. The Morgan fingerprint density at radius 3 is 2.41 bits per heavy atom. The van der Waals surface area contributed by atoms with E-state index >= 15 is 0 Å². The third-order valence-electron chi connectivity index (χ3n) is 4.75. The third kappa shape index (κ3) is 5.83. The van der Waals surface area contributed by atoms with E-state index in [1.165, 1.54) is 6.92 Å². The molecule has 0 aliphatic carbocycles. The fraction of sp³-hybridized carbons (Fsp3) is 0.550. The molecule has 1 saturated heterocycles. The number of hydroxylamine groups is 2. The normalized spacial score (nSPS) is 22.1. The number of hydrogen-bond donors (Lipinski definition) is 1. The molecule has 1 fully saturated rings. The second-order valence-electron chi connectivity index (χ2n) is 8.20. The molecule has 0 bridgehead atoms. The van der Waals surface area contributed by atoms with Crippen LogP contribution in [0.5, 0.6) is 0 Å². The van der Waals surface area contributed by atoms with Gasteiger partial charge in [0, 0.05) is 6.54 Å². The minimum atomic E-state index is -1.46. The minimum absolute atomic E-state index is 0.0784. The van der Waals surface area contributed by atoms with Gasteiger partial charge in [-0.3, -0.25) is 14.5 Å². The van der Waals surface area contributed by atoms with E-state index in [1.54, 1.807) is 20.8 Å². The summed E-state index contributed by atoms with van der Waals surface area (Å²) in [4.78, 5) is 43.3. The number of hydrogen-bond acceptors (Lipinski definition) is 5. The van der Waals surface area contributed by atoms with Crippen molar-refractivity contribution in [1.82, 2.24) is 9.96 Å². The summed E-state index contributed by atoms with van der Waals surface area (Å²) in [5.74, 6) is -1.14. The van der Waals surface area contributed by atoms with Crippen LogP contribution in [0.3, 0.4) is 0 Å². The van der Waals surface area contributed by atoms with Gasteiger partial charge in [-0.1, -0.05) is 30.3 Å². The van der Waals surface area contributed by atoms with Gasteiger partial charge < -0.3 is 9.84 Å². The van der Waals surface area contributed by atoms with Gasteiger partial charge in [-0.2, -0.15) is 0 Å². The molecule has 1 aliphatic heterocycles. The molecule has 2 amide bonds. The second-order valence-corrected chi connectivity index (χ2v) is 8.52. The van der Waals surface area contributed by atoms with Crippen LogP contribution in [0.4, 0.5) is 9.59 Å². The van der Waals surface area contributed by atoms with Gasteiger partial charge in [0.2, 0.25) is 0 Å². The highest BCUT2D eigenvalue weighted by Gasteiger charge is 2.49. The van der Waals surface area contributed by atoms with Crippen LogP contribution in [0.2, 0.25) is 0 Å². The van der Waals surface area contributed by atoms with Crippen molar-refractivity contribution in [3.05, 3.63) is 35.9 Å². The Morgan fingerprint density at radius 2 is 1.90 bits per heavy atom. The maximum atomic E-state index is 12.7. The number of halogens is 1. The second kappa shape index (κ2) is 9.00. The van der Waals surface area contributed by atoms with Crippen molar-refractivity contribution in [2.24, 2.45) is 0 Å². The molecule has 2 atom stereocenters. The van der Waals surface area contributed by atoms with Crippen LogP contribution >= 0.6 is 11.6 Å². The molecule has 0 unspecified atom stereocenters. The van der Waals surface area contributed by atoms with Gasteiger partial charge in [0.25, 0.3) is 0 Å². The van der Waals surface area contributed by atoms with Crippen molar-refractivity contribution in [3.63, 3.8) is 0 Å². The topological polar surface area (TPSA) is 96.4 Å². The Hall–Kier alpha value is -2.32. The highest BCUT2D eigenvalue weighted by molar-refractivity contribution is 6.62. The molecule has 9 heteroatoms. The van der Waals surface area contributed by atoms with Crippen molar-refractivity contribution in [2.45, 2.75) is 64.3 Å². The summed E-state index contributed by atoms with van der Waals surface area (Å²) in [6, 6.07) is 8.62. The fourth-order valence-corrected chi connectivity index (χ4v) is 3.30. The zero-order valence-corrected chi connectivity index (χ0v) is 17.8. The first-order valence-electron chi connectivity index (χ1n) is 9.33. The van der Waals surface area contributed by atoms with Gasteiger partial charge in [0.1, 0.15) is 17.7 Å². The number of aliphatic carboxylic acids is 1. The number of likely N-dealkylation sites (tertiary alicyclic amines) is 1. The van der Waals surface area contributed by atoms with E-state index in [1.807, 2.05) is 30.3 Å². The Morgan fingerprint density at radius 1 is 1.28 bits per heavy atom. The number of rotatable bonds is 5. The minimum Gasteiger partial charge on any atom is -0.480 e. The fourth-order valence-electron chi connectivity index (χ4n) is 3.11. The standard InChI is InChI=1S/C20H27ClN2O6/c1-19(2,3)29-18(27)22-12-15(10-11-20(22,4)16(24)25)23(17(21)26)28-13-14-8-6-5-7-9-14/h5-9,15H,10-13H2,1-4H3,(H,24,25)/t15-,20+/m1/s1. The van der Waals surface area contributed by atoms with Gasteiger partial charge in [0.15, 0.2) is 0 Å². The monoisotopic (exact) mass is 426 g/mol. The molecule has 1 N–H and O–H groups in total. The molecule has 1 aliphatic rings. The number of piperidine rings is 1. The van der Waals surface area contributed by atoms with Gasteiger partial charge >= 0.3 is 17.4 Å². The summed E-state index contributed by atoms with van der Waals surface area (Å²) < 4.78 is 5.39. The van der Waals surface area contributed by atoms with E-state index < -0.39 is 34.6 Å². The van der Waals surface area contributed by atoms with Crippen LogP contribution < -0.4 is 0 Å². The lowest BCUT2D eigenvalue weighted by Gasteiger charge is -2.46. The SMILES string of the molecule is CC(C)(C)OC(=O)N1C[C@H](N(OCc2ccccc2)C(=O)Cl)CC[C@@]1(C)C(=O)O. The molecule has 8 nitrogen and oxygen atoms in total. The van der Waals surface area contributed by atoms with Crippen LogP contribution in [-0.4, -0.2) is 56.2 Å². The maximum absolute atomic E-state index is 12.7. The van der Waals surface area contributed by atoms with Gasteiger partial charge in [0.05, 0.1) is 6.04 Å². The molecule has 1 heterocycles. The Balaban J connectivity index is 2.20. The zero-order chi connectivity index (χ0) is 21.8. The Labute approximate surface area is 175 Å². The van der Waals surface area contributed by atoms with Crippen LogP contribution in [0.15, 0.2) is 30.3 Å². The summed E-state index contributed by atoms with van der Waals surface area (Å²) in [5.41, 5.74) is -1.42. The van der Waals surface area contributed by atoms with Gasteiger partial charge in [-0.25, -0.2) is 14.7 Å². The molecule has 160 valence electrons. The van der Waals surface area contributed by atoms with Gasteiger partial charge in [-0.05, 0) is 57.7 Å².